The zero-order valence-electron chi connectivity index (χ0n) is 32.1. The van der Waals surface area contributed by atoms with Crippen molar-refractivity contribution < 1.29 is 64.0 Å². The van der Waals surface area contributed by atoms with E-state index >= 15 is 0 Å². The van der Waals surface area contributed by atoms with E-state index in [-0.39, 0.29) is 48.8 Å². The summed E-state index contributed by atoms with van der Waals surface area (Å²) in [5.41, 5.74) is 32.8. The van der Waals surface area contributed by atoms with Gasteiger partial charge < -0.3 is 66.1 Å². The lowest BCUT2D eigenvalue weighted by atomic mass is 9.82. The SMILES string of the molecule is CC(=O)NC1C(O)OC(CN=[N+]=[N-])[C@@H](C)[C@@H]1C.CC(=O)NC1C(O)OC(CN=[N+]=[N-])[C@@H](C)[C@@H]1O.[N-]=[N+]=NCC(=O)NC1C(O)OC(CO)[C@@H](NC(=O)CN=[N+]=[N-])[C@@H]1O. The van der Waals surface area contributed by atoms with Gasteiger partial charge in [-0.15, -0.1) is 0 Å². The number of hydrogen-bond donors (Lipinski definition) is 10. The fourth-order valence-electron chi connectivity index (χ4n) is 6.00. The maximum atomic E-state index is 11.6. The van der Waals surface area contributed by atoms with Crippen molar-refractivity contribution in [1.82, 2.24) is 21.3 Å². The molecular formula is C29H50N16O13. The maximum Gasteiger partial charge on any atom is 0.226 e. The Morgan fingerprint density at radius 1 is 0.534 bits per heavy atom. The number of ether oxygens (including phenoxy) is 3. The summed E-state index contributed by atoms with van der Waals surface area (Å²) < 4.78 is 15.6. The van der Waals surface area contributed by atoms with E-state index in [1.165, 1.54) is 13.8 Å². The van der Waals surface area contributed by atoms with Gasteiger partial charge in [-0.3, -0.25) is 19.2 Å². The summed E-state index contributed by atoms with van der Waals surface area (Å²) in [5.74, 6) is -2.35. The Labute approximate surface area is 329 Å². The van der Waals surface area contributed by atoms with Gasteiger partial charge in [0.05, 0.1) is 50.1 Å². The molecule has 4 amide bonds. The molecule has 3 aliphatic heterocycles. The Kier molecular flexibility index (Phi) is 22.7. The largest absolute Gasteiger partial charge is 0.394 e. The molecule has 3 saturated heterocycles. The van der Waals surface area contributed by atoms with Crippen molar-refractivity contribution in [3.63, 3.8) is 0 Å². The fourth-order valence-corrected chi connectivity index (χ4v) is 6.00. The van der Waals surface area contributed by atoms with E-state index in [2.05, 4.69) is 61.4 Å². The van der Waals surface area contributed by atoms with Crippen LogP contribution in [0.3, 0.4) is 0 Å². The van der Waals surface area contributed by atoms with Gasteiger partial charge in [-0.25, -0.2) is 0 Å². The summed E-state index contributed by atoms with van der Waals surface area (Å²) in [4.78, 5) is 55.1. The molecule has 29 heteroatoms. The Balaban J connectivity index is 0.000000445. The van der Waals surface area contributed by atoms with Gasteiger partial charge in [-0.1, -0.05) is 41.2 Å². The molecule has 15 atom stereocenters. The molecule has 3 rings (SSSR count). The van der Waals surface area contributed by atoms with Gasteiger partial charge in [0, 0.05) is 39.4 Å². The number of nitrogens with zero attached hydrogens (tertiary/aromatic N) is 12. The van der Waals surface area contributed by atoms with Gasteiger partial charge in [0.1, 0.15) is 37.4 Å². The number of carbonyl (C=O) groups excluding carboxylic acids is 4. The second kappa shape index (κ2) is 25.9. The summed E-state index contributed by atoms with van der Waals surface area (Å²) in [7, 11) is 0. The van der Waals surface area contributed by atoms with Gasteiger partial charge in [0.2, 0.25) is 23.6 Å². The number of aliphatic hydroxyl groups is 6. The Morgan fingerprint density at radius 2 is 0.914 bits per heavy atom. The molecule has 0 aliphatic carbocycles. The molecule has 0 spiro atoms. The predicted octanol–water partition coefficient (Wildman–Crippen LogP) is -2.05. The summed E-state index contributed by atoms with van der Waals surface area (Å²) in [6.07, 6.45) is -8.58. The standard InChI is InChI=1S/C10H16N8O6.C10H18N4O3.C9H16N4O4/c11-17-13-1-5(20)15-7-4(3-19)24-10(23)8(9(7)22)16-6(21)2-14-18-12;1-5-6(2)9(13-7(3)15)10(16)17-8(5)4-12-14-11;1-4-6(3-11-13-10)17-9(16)7(8(4)15)12-5(2)14/h4,7-10,19,22-23H,1-3H2,(H,15,20)(H,16,21);5-6,8-10,16H,4H2,1-3H3,(H,13,15);4,6-9,15-16H,3H2,1-2H3,(H,12,14)/t4?,7-,8?,9+,10?;5-,6-,8?,9?,10?;4-,6?,7?,8+,9?/m101/s1. The molecule has 3 heterocycles. The molecule has 9 unspecified atom stereocenters. The number of rotatable bonds is 13. The number of nitrogens with one attached hydrogen (secondary N) is 4. The van der Waals surface area contributed by atoms with Crippen molar-refractivity contribution in [3.8, 4) is 0 Å². The van der Waals surface area contributed by atoms with Crippen molar-refractivity contribution in [3.05, 3.63) is 41.8 Å². The van der Waals surface area contributed by atoms with Crippen molar-refractivity contribution >= 4 is 23.6 Å². The summed E-state index contributed by atoms with van der Waals surface area (Å²) in [6, 6.07) is -3.84. The smallest absolute Gasteiger partial charge is 0.226 e. The van der Waals surface area contributed by atoms with Gasteiger partial charge in [0.25, 0.3) is 0 Å². The van der Waals surface area contributed by atoms with Gasteiger partial charge in [-0.05, 0) is 34.0 Å². The molecule has 58 heavy (non-hydrogen) atoms. The van der Waals surface area contributed by atoms with Crippen LogP contribution in [0.25, 0.3) is 41.8 Å². The average molecular weight is 831 g/mol. The highest BCUT2D eigenvalue weighted by Gasteiger charge is 2.46. The Hall–Kier alpha value is -5.24. The zero-order valence-corrected chi connectivity index (χ0v) is 32.1. The number of azide groups is 4. The first-order chi connectivity index (χ1) is 27.4. The molecule has 324 valence electrons. The van der Waals surface area contributed by atoms with Gasteiger partial charge >= 0.3 is 0 Å². The molecule has 0 aromatic heterocycles. The summed E-state index contributed by atoms with van der Waals surface area (Å²) in [5, 5.41) is 81.2. The van der Waals surface area contributed by atoms with Crippen molar-refractivity contribution in [1.29, 1.82) is 0 Å². The Bertz CT molecular complexity index is 1510. The quantitative estimate of drug-likeness (QED) is 0.0544. The van der Waals surface area contributed by atoms with Crippen LogP contribution in [0, 0.1) is 17.8 Å². The third-order valence-corrected chi connectivity index (χ3v) is 9.26. The monoisotopic (exact) mass is 830 g/mol. The minimum Gasteiger partial charge on any atom is -0.394 e. The second-order valence-corrected chi connectivity index (χ2v) is 13.2. The van der Waals surface area contributed by atoms with Gasteiger partial charge in [-0.2, -0.15) is 0 Å². The molecule has 0 aromatic carbocycles. The highest BCUT2D eigenvalue weighted by Crippen LogP contribution is 2.30. The van der Waals surface area contributed by atoms with Crippen LogP contribution in [-0.4, -0.2) is 161 Å². The molecule has 29 nitrogen and oxygen atoms in total. The van der Waals surface area contributed by atoms with E-state index in [4.69, 9.17) is 36.3 Å². The molecule has 10 N–H and O–H groups in total. The molecule has 0 radical (unpaired) electrons. The van der Waals surface area contributed by atoms with Crippen LogP contribution in [0.2, 0.25) is 0 Å². The van der Waals surface area contributed by atoms with Crippen LogP contribution in [0.15, 0.2) is 20.5 Å². The predicted molar refractivity (Wildman–Crippen MR) is 194 cm³/mol. The molecule has 0 aromatic rings. The molecule has 0 saturated carbocycles. The zero-order chi connectivity index (χ0) is 44.1. The molecule has 3 aliphatic rings. The van der Waals surface area contributed by atoms with Crippen molar-refractivity contribution in [2.75, 3.05) is 32.8 Å². The van der Waals surface area contributed by atoms with E-state index in [1.54, 1.807) is 6.92 Å². The van der Waals surface area contributed by atoms with E-state index in [0.29, 0.717) is 0 Å². The van der Waals surface area contributed by atoms with E-state index in [1.807, 2.05) is 13.8 Å². The van der Waals surface area contributed by atoms with E-state index in [0.717, 1.165) is 0 Å². The lowest BCUT2D eigenvalue weighted by Gasteiger charge is -2.42. The lowest BCUT2D eigenvalue weighted by molar-refractivity contribution is -0.226. The first kappa shape index (κ1) is 50.8. The van der Waals surface area contributed by atoms with Crippen LogP contribution in [0.5, 0.6) is 0 Å². The number of aliphatic hydroxyl groups excluding tert-OH is 6. The van der Waals surface area contributed by atoms with Crippen LogP contribution >= 0.6 is 0 Å². The van der Waals surface area contributed by atoms with E-state index < -0.39 is 99.0 Å². The van der Waals surface area contributed by atoms with E-state index in [9.17, 15) is 49.8 Å². The molecular weight excluding hydrogens is 780 g/mol. The van der Waals surface area contributed by atoms with Crippen molar-refractivity contribution in [2.45, 2.75) is 108 Å². The summed E-state index contributed by atoms with van der Waals surface area (Å²) in [6.45, 7) is 6.72. The number of amides is 4. The first-order valence-electron chi connectivity index (χ1n) is 17.5. The van der Waals surface area contributed by atoms with Crippen LogP contribution < -0.4 is 21.3 Å². The molecule has 0 bridgehead atoms. The normalized spacial score (nSPS) is 33.7. The highest BCUT2D eigenvalue weighted by atomic mass is 16.6. The lowest BCUT2D eigenvalue weighted by Crippen LogP contribution is -2.68. The number of hydrogen-bond acceptors (Lipinski definition) is 17. The van der Waals surface area contributed by atoms with Crippen molar-refractivity contribution in [2.24, 2.45) is 38.2 Å². The van der Waals surface area contributed by atoms with Gasteiger partial charge in [0.15, 0.2) is 18.9 Å². The third-order valence-electron chi connectivity index (χ3n) is 9.26. The summed E-state index contributed by atoms with van der Waals surface area (Å²) >= 11 is 0. The van der Waals surface area contributed by atoms with Crippen LogP contribution in [-0.2, 0) is 33.4 Å². The third kappa shape index (κ3) is 16.0. The minimum atomic E-state index is -1.67. The average Bonchev–Trinajstić information content (AvgIpc) is 3.18. The van der Waals surface area contributed by atoms with Crippen LogP contribution in [0.4, 0.5) is 0 Å². The highest BCUT2D eigenvalue weighted by molar-refractivity contribution is 5.79. The van der Waals surface area contributed by atoms with Crippen LogP contribution in [0.1, 0.15) is 34.6 Å². The second-order valence-electron chi connectivity index (χ2n) is 13.2. The Morgan fingerprint density at radius 3 is 1.34 bits per heavy atom. The minimum absolute atomic E-state index is 0.0264. The number of carbonyl (C=O) groups is 4. The maximum absolute atomic E-state index is 11.6. The fraction of sp³-hybridized carbons (Fsp3) is 0.862. The molecule has 3 fully saturated rings. The topological polar surface area (TPSA) is 461 Å². The first-order valence-corrected chi connectivity index (χ1v) is 17.5.